The van der Waals surface area contributed by atoms with Crippen LogP contribution < -0.4 is 4.90 Å². The number of fused-ring (bicyclic) bond motifs is 1. The highest BCUT2D eigenvalue weighted by Gasteiger charge is 2.26. The van der Waals surface area contributed by atoms with Gasteiger partial charge in [-0.05, 0) is 37.0 Å². The summed E-state index contributed by atoms with van der Waals surface area (Å²) in [7, 11) is 0. The summed E-state index contributed by atoms with van der Waals surface area (Å²) < 4.78 is 0. The van der Waals surface area contributed by atoms with Gasteiger partial charge in [0.05, 0.1) is 5.52 Å². The molecule has 0 saturated heterocycles. The summed E-state index contributed by atoms with van der Waals surface area (Å²) in [5.41, 5.74) is 0.909. The van der Waals surface area contributed by atoms with Gasteiger partial charge in [-0.15, -0.1) is 0 Å². The minimum Gasteiger partial charge on any atom is -0.480 e. The lowest BCUT2D eigenvalue weighted by atomic mass is 10.2. The summed E-state index contributed by atoms with van der Waals surface area (Å²) in [6, 6.07) is 11.8. The van der Waals surface area contributed by atoms with Crippen molar-refractivity contribution in [3.63, 3.8) is 0 Å². The molecule has 0 atom stereocenters. The molecule has 98 valence electrons. The number of rotatable bonds is 5. The van der Waals surface area contributed by atoms with Gasteiger partial charge >= 0.3 is 5.97 Å². The second-order valence-electron chi connectivity index (χ2n) is 5.08. The van der Waals surface area contributed by atoms with E-state index in [9.17, 15) is 4.79 Å². The molecule has 1 aliphatic carbocycles. The summed E-state index contributed by atoms with van der Waals surface area (Å²) >= 11 is 0. The van der Waals surface area contributed by atoms with Crippen LogP contribution in [0, 0.1) is 5.92 Å². The molecule has 0 amide bonds. The maximum Gasteiger partial charge on any atom is 0.323 e. The fraction of sp³-hybridized carbons (Fsp3) is 0.333. The Bertz CT molecular complexity index is 608. The number of carbonyl (C=O) groups is 1. The first-order valence-electron chi connectivity index (χ1n) is 6.55. The van der Waals surface area contributed by atoms with Gasteiger partial charge in [-0.25, -0.2) is 4.98 Å². The third-order valence-corrected chi connectivity index (χ3v) is 3.41. The predicted molar refractivity (Wildman–Crippen MR) is 74.3 cm³/mol. The number of hydrogen-bond acceptors (Lipinski definition) is 3. The Morgan fingerprint density at radius 3 is 2.79 bits per heavy atom. The number of anilines is 1. The van der Waals surface area contributed by atoms with Crippen LogP contribution in [-0.2, 0) is 4.79 Å². The molecule has 0 radical (unpaired) electrons. The van der Waals surface area contributed by atoms with Crippen LogP contribution >= 0.6 is 0 Å². The third kappa shape index (κ3) is 2.84. The van der Waals surface area contributed by atoms with E-state index in [0.29, 0.717) is 5.92 Å². The van der Waals surface area contributed by atoms with E-state index in [2.05, 4.69) is 4.98 Å². The number of aliphatic carboxylic acids is 1. The molecule has 1 aliphatic rings. The van der Waals surface area contributed by atoms with Gasteiger partial charge < -0.3 is 10.0 Å². The van der Waals surface area contributed by atoms with E-state index in [1.807, 2.05) is 41.3 Å². The van der Waals surface area contributed by atoms with Crippen LogP contribution in [0.15, 0.2) is 36.4 Å². The van der Waals surface area contributed by atoms with Crippen molar-refractivity contribution in [2.24, 2.45) is 5.92 Å². The van der Waals surface area contributed by atoms with Crippen LogP contribution in [0.3, 0.4) is 0 Å². The summed E-state index contributed by atoms with van der Waals surface area (Å²) in [5.74, 6) is 0.580. The van der Waals surface area contributed by atoms with E-state index in [1.165, 1.54) is 12.8 Å². The largest absolute Gasteiger partial charge is 0.480 e. The number of aromatic nitrogens is 1. The van der Waals surface area contributed by atoms with Gasteiger partial charge in [0.25, 0.3) is 0 Å². The number of carboxylic acid groups (broad SMARTS) is 1. The van der Waals surface area contributed by atoms with Gasteiger partial charge in [0.1, 0.15) is 12.4 Å². The van der Waals surface area contributed by atoms with Crippen LogP contribution in [0.5, 0.6) is 0 Å². The number of nitrogens with zero attached hydrogens (tertiary/aromatic N) is 2. The summed E-state index contributed by atoms with van der Waals surface area (Å²) in [4.78, 5) is 17.4. The standard InChI is InChI=1S/C15H16N2O2/c18-15(19)10-17(9-11-5-6-11)14-8-7-12-3-1-2-4-13(12)16-14/h1-4,7-8,11H,5-6,9-10H2,(H,18,19). The zero-order valence-corrected chi connectivity index (χ0v) is 10.6. The number of carboxylic acids is 1. The quantitative estimate of drug-likeness (QED) is 0.893. The van der Waals surface area contributed by atoms with Crippen LogP contribution in [-0.4, -0.2) is 29.1 Å². The minimum absolute atomic E-state index is 0.0157. The Labute approximate surface area is 111 Å². The van der Waals surface area contributed by atoms with Crippen molar-refractivity contribution in [1.82, 2.24) is 4.98 Å². The molecule has 4 nitrogen and oxygen atoms in total. The Balaban J connectivity index is 1.91. The van der Waals surface area contributed by atoms with E-state index >= 15 is 0 Å². The average molecular weight is 256 g/mol. The lowest BCUT2D eigenvalue weighted by molar-refractivity contribution is -0.135. The summed E-state index contributed by atoms with van der Waals surface area (Å²) in [6.45, 7) is 0.805. The molecule has 1 aromatic carbocycles. The first-order chi connectivity index (χ1) is 9.22. The number of benzene rings is 1. The van der Waals surface area contributed by atoms with Crippen molar-refractivity contribution in [3.8, 4) is 0 Å². The molecule has 1 heterocycles. The zero-order chi connectivity index (χ0) is 13.2. The van der Waals surface area contributed by atoms with Gasteiger partial charge in [-0.1, -0.05) is 18.2 Å². The second kappa shape index (κ2) is 4.88. The van der Waals surface area contributed by atoms with Crippen molar-refractivity contribution >= 4 is 22.7 Å². The maximum atomic E-state index is 11.0. The molecule has 4 heteroatoms. The summed E-state index contributed by atoms with van der Waals surface area (Å²) in [6.07, 6.45) is 2.40. The third-order valence-electron chi connectivity index (χ3n) is 3.41. The fourth-order valence-corrected chi connectivity index (χ4v) is 2.25. The highest BCUT2D eigenvalue weighted by atomic mass is 16.4. The number of para-hydroxylation sites is 1. The first kappa shape index (κ1) is 12.0. The van der Waals surface area contributed by atoms with Gasteiger partial charge in [-0.3, -0.25) is 4.79 Å². The highest BCUT2D eigenvalue weighted by molar-refractivity contribution is 5.81. The molecule has 0 spiro atoms. The number of hydrogen-bond donors (Lipinski definition) is 1. The normalized spacial score (nSPS) is 14.5. The highest BCUT2D eigenvalue weighted by Crippen LogP contribution is 2.31. The molecule has 1 fully saturated rings. The molecule has 3 rings (SSSR count). The topological polar surface area (TPSA) is 53.4 Å². The van der Waals surface area contributed by atoms with E-state index in [-0.39, 0.29) is 6.54 Å². The van der Waals surface area contributed by atoms with Gasteiger partial charge in [0.2, 0.25) is 0 Å². The Hall–Kier alpha value is -2.10. The molecule has 1 N–H and O–H groups in total. The van der Waals surface area contributed by atoms with E-state index in [4.69, 9.17) is 5.11 Å². The SMILES string of the molecule is O=C(O)CN(CC1CC1)c1ccc2ccccc2n1. The van der Waals surface area contributed by atoms with Crippen molar-refractivity contribution in [2.45, 2.75) is 12.8 Å². The van der Waals surface area contributed by atoms with Crippen LogP contribution in [0.2, 0.25) is 0 Å². The van der Waals surface area contributed by atoms with Crippen LogP contribution in [0.25, 0.3) is 10.9 Å². The molecule has 0 unspecified atom stereocenters. The fourth-order valence-electron chi connectivity index (χ4n) is 2.25. The predicted octanol–water partition coefficient (Wildman–Crippen LogP) is 2.54. The van der Waals surface area contributed by atoms with Crippen molar-refractivity contribution in [1.29, 1.82) is 0 Å². The second-order valence-corrected chi connectivity index (χ2v) is 5.08. The smallest absolute Gasteiger partial charge is 0.323 e. The lowest BCUT2D eigenvalue weighted by Crippen LogP contribution is -2.32. The van der Waals surface area contributed by atoms with E-state index < -0.39 is 5.97 Å². The molecule has 1 saturated carbocycles. The first-order valence-corrected chi connectivity index (χ1v) is 6.55. The molecular weight excluding hydrogens is 240 g/mol. The molecule has 19 heavy (non-hydrogen) atoms. The maximum absolute atomic E-state index is 11.0. The zero-order valence-electron chi connectivity index (χ0n) is 10.6. The van der Waals surface area contributed by atoms with Crippen molar-refractivity contribution in [2.75, 3.05) is 18.0 Å². The monoisotopic (exact) mass is 256 g/mol. The van der Waals surface area contributed by atoms with Crippen LogP contribution in [0.1, 0.15) is 12.8 Å². The molecule has 1 aromatic heterocycles. The van der Waals surface area contributed by atoms with Crippen LogP contribution in [0.4, 0.5) is 5.82 Å². The molecule has 0 aliphatic heterocycles. The Morgan fingerprint density at radius 2 is 2.05 bits per heavy atom. The number of pyridine rings is 1. The van der Waals surface area contributed by atoms with Crippen molar-refractivity contribution in [3.05, 3.63) is 36.4 Å². The van der Waals surface area contributed by atoms with Gasteiger partial charge in [-0.2, -0.15) is 0 Å². The van der Waals surface area contributed by atoms with E-state index in [1.54, 1.807) is 0 Å². The minimum atomic E-state index is -0.810. The van der Waals surface area contributed by atoms with Crippen molar-refractivity contribution < 1.29 is 9.90 Å². The van der Waals surface area contributed by atoms with Gasteiger partial charge in [0, 0.05) is 11.9 Å². The Kier molecular flexibility index (Phi) is 3.07. The Morgan fingerprint density at radius 1 is 1.26 bits per heavy atom. The van der Waals surface area contributed by atoms with Gasteiger partial charge in [0.15, 0.2) is 0 Å². The van der Waals surface area contributed by atoms with E-state index in [0.717, 1.165) is 23.3 Å². The molecule has 2 aromatic rings. The lowest BCUT2D eigenvalue weighted by Gasteiger charge is -2.21. The average Bonchev–Trinajstić information content (AvgIpc) is 3.21. The molecular formula is C15H16N2O2. The summed E-state index contributed by atoms with van der Waals surface area (Å²) in [5, 5.41) is 10.1. The molecule has 0 bridgehead atoms.